The van der Waals surface area contributed by atoms with Crippen molar-refractivity contribution in [1.82, 2.24) is 29.9 Å². The highest BCUT2D eigenvalue weighted by atomic mass is 35.5. The molecule has 3 aromatic heterocycles. The standard InChI is InChI=1S/C19H15ClN6OS/c20-14-3-1-2-13(10-14)18-22-16(25-27-18)11-28-19-24-23-17(26(19)15-4-5-15)12-6-8-21-9-7-12/h1-3,6-10,15H,4-5,11H2. The summed E-state index contributed by atoms with van der Waals surface area (Å²) < 4.78 is 7.58. The lowest BCUT2D eigenvalue weighted by Crippen LogP contribution is -2.00. The molecule has 0 radical (unpaired) electrons. The highest BCUT2D eigenvalue weighted by Crippen LogP contribution is 2.41. The number of aromatic nitrogens is 6. The van der Waals surface area contributed by atoms with Gasteiger partial charge in [0.05, 0.1) is 5.75 Å². The number of pyridine rings is 1. The molecule has 0 unspecified atom stereocenters. The number of thioether (sulfide) groups is 1. The fourth-order valence-corrected chi connectivity index (χ4v) is 3.95. The molecule has 0 atom stereocenters. The van der Waals surface area contributed by atoms with Gasteiger partial charge in [0.25, 0.3) is 5.89 Å². The van der Waals surface area contributed by atoms with Gasteiger partial charge < -0.3 is 4.52 Å². The molecule has 1 fully saturated rings. The predicted molar refractivity (Wildman–Crippen MR) is 106 cm³/mol. The molecular weight excluding hydrogens is 396 g/mol. The smallest absolute Gasteiger partial charge is 0.258 e. The Morgan fingerprint density at radius 2 is 1.96 bits per heavy atom. The third-order valence-corrected chi connectivity index (χ3v) is 5.56. The SMILES string of the molecule is Clc1cccc(-c2nc(CSc3nnc(-c4ccncc4)n3C3CC3)no2)c1. The van der Waals surface area contributed by atoms with Crippen LogP contribution in [0.25, 0.3) is 22.8 Å². The molecule has 1 aliphatic rings. The maximum Gasteiger partial charge on any atom is 0.258 e. The molecule has 9 heteroatoms. The van der Waals surface area contributed by atoms with Crippen LogP contribution in [0.5, 0.6) is 0 Å². The van der Waals surface area contributed by atoms with E-state index in [0.717, 1.165) is 34.9 Å². The van der Waals surface area contributed by atoms with Crippen LogP contribution in [0.2, 0.25) is 5.02 Å². The maximum atomic E-state index is 6.03. The fraction of sp³-hybridized carbons (Fsp3) is 0.211. The lowest BCUT2D eigenvalue weighted by molar-refractivity contribution is 0.425. The first kappa shape index (κ1) is 17.4. The lowest BCUT2D eigenvalue weighted by atomic mass is 10.2. The van der Waals surface area contributed by atoms with Crippen molar-refractivity contribution in [2.24, 2.45) is 0 Å². The van der Waals surface area contributed by atoms with Crippen molar-refractivity contribution < 1.29 is 4.52 Å². The van der Waals surface area contributed by atoms with Crippen LogP contribution >= 0.6 is 23.4 Å². The molecule has 1 aliphatic carbocycles. The first-order chi connectivity index (χ1) is 13.8. The molecule has 4 aromatic rings. The van der Waals surface area contributed by atoms with E-state index >= 15 is 0 Å². The molecule has 140 valence electrons. The third kappa shape index (κ3) is 3.53. The van der Waals surface area contributed by atoms with Crippen molar-refractivity contribution in [3.8, 4) is 22.8 Å². The molecule has 7 nitrogen and oxygen atoms in total. The molecule has 0 amide bonds. The number of nitrogens with zero attached hydrogens (tertiary/aromatic N) is 6. The summed E-state index contributed by atoms with van der Waals surface area (Å²) in [6, 6.07) is 11.7. The van der Waals surface area contributed by atoms with E-state index in [-0.39, 0.29) is 0 Å². The van der Waals surface area contributed by atoms with Crippen LogP contribution in [0.15, 0.2) is 58.5 Å². The van der Waals surface area contributed by atoms with Gasteiger partial charge in [-0.1, -0.05) is 34.6 Å². The summed E-state index contributed by atoms with van der Waals surface area (Å²) in [6.07, 6.45) is 5.82. The van der Waals surface area contributed by atoms with Crippen molar-refractivity contribution in [3.63, 3.8) is 0 Å². The highest BCUT2D eigenvalue weighted by Gasteiger charge is 2.30. The average Bonchev–Trinajstić information content (AvgIpc) is 3.29. The summed E-state index contributed by atoms with van der Waals surface area (Å²) in [4.78, 5) is 8.55. The fourth-order valence-electron chi connectivity index (χ4n) is 2.92. The largest absolute Gasteiger partial charge is 0.334 e. The third-order valence-electron chi connectivity index (χ3n) is 4.39. The van der Waals surface area contributed by atoms with Crippen LogP contribution < -0.4 is 0 Å². The highest BCUT2D eigenvalue weighted by molar-refractivity contribution is 7.98. The van der Waals surface area contributed by atoms with Gasteiger partial charge in [0.15, 0.2) is 16.8 Å². The van der Waals surface area contributed by atoms with Gasteiger partial charge in [-0.2, -0.15) is 4.98 Å². The predicted octanol–water partition coefficient (Wildman–Crippen LogP) is 4.67. The first-order valence-electron chi connectivity index (χ1n) is 8.84. The van der Waals surface area contributed by atoms with Gasteiger partial charge in [-0.05, 0) is 43.2 Å². The van der Waals surface area contributed by atoms with Gasteiger partial charge in [-0.15, -0.1) is 10.2 Å². The molecule has 1 aromatic carbocycles. The minimum Gasteiger partial charge on any atom is -0.334 e. The van der Waals surface area contributed by atoms with Gasteiger partial charge in [-0.3, -0.25) is 9.55 Å². The van der Waals surface area contributed by atoms with Crippen LogP contribution in [0, 0.1) is 0 Å². The van der Waals surface area contributed by atoms with E-state index in [2.05, 4.69) is 29.9 Å². The zero-order valence-corrected chi connectivity index (χ0v) is 16.3. The van der Waals surface area contributed by atoms with Crippen molar-refractivity contribution in [2.75, 3.05) is 0 Å². The van der Waals surface area contributed by atoms with Gasteiger partial charge in [-0.25, -0.2) is 0 Å². The van der Waals surface area contributed by atoms with E-state index in [1.54, 1.807) is 30.2 Å². The molecular formula is C19H15ClN6OS. The summed E-state index contributed by atoms with van der Waals surface area (Å²) in [7, 11) is 0. The Balaban J connectivity index is 1.36. The summed E-state index contributed by atoms with van der Waals surface area (Å²) >= 11 is 7.59. The van der Waals surface area contributed by atoms with Crippen molar-refractivity contribution in [3.05, 3.63) is 59.6 Å². The van der Waals surface area contributed by atoms with Crippen molar-refractivity contribution in [1.29, 1.82) is 0 Å². The summed E-state index contributed by atoms with van der Waals surface area (Å²) in [5, 5.41) is 14.4. The van der Waals surface area contributed by atoms with Crippen molar-refractivity contribution >= 4 is 23.4 Å². The van der Waals surface area contributed by atoms with Crippen molar-refractivity contribution in [2.45, 2.75) is 29.8 Å². The Bertz CT molecular complexity index is 1110. The van der Waals surface area contributed by atoms with Gasteiger partial charge >= 0.3 is 0 Å². The Labute approximate surface area is 170 Å². The van der Waals surface area contributed by atoms with E-state index in [1.165, 1.54) is 0 Å². The van der Waals surface area contributed by atoms with Crippen LogP contribution in [0.1, 0.15) is 24.7 Å². The van der Waals surface area contributed by atoms with E-state index in [1.807, 2.05) is 30.3 Å². The maximum absolute atomic E-state index is 6.03. The molecule has 28 heavy (non-hydrogen) atoms. The topological polar surface area (TPSA) is 82.5 Å². The Morgan fingerprint density at radius 1 is 1.11 bits per heavy atom. The zero-order valence-electron chi connectivity index (χ0n) is 14.7. The number of halogens is 1. The second-order valence-electron chi connectivity index (χ2n) is 6.46. The average molecular weight is 411 g/mol. The van der Waals surface area contributed by atoms with E-state index in [9.17, 15) is 0 Å². The zero-order chi connectivity index (χ0) is 18.9. The second-order valence-corrected chi connectivity index (χ2v) is 7.84. The molecule has 0 spiro atoms. The van der Waals surface area contributed by atoms with Crippen LogP contribution in [-0.4, -0.2) is 29.9 Å². The van der Waals surface area contributed by atoms with E-state index < -0.39 is 0 Å². The monoisotopic (exact) mass is 410 g/mol. The minimum atomic E-state index is 0.452. The van der Waals surface area contributed by atoms with Gasteiger partial charge in [0.2, 0.25) is 0 Å². The van der Waals surface area contributed by atoms with Crippen LogP contribution in [0.3, 0.4) is 0 Å². The van der Waals surface area contributed by atoms with Gasteiger partial charge in [0.1, 0.15) is 0 Å². The molecule has 0 N–H and O–H groups in total. The van der Waals surface area contributed by atoms with Crippen LogP contribution in [0.4, 0.5) is 0 Å². The molecule has 0 bridgehead atoms. The quantitative estimate of drug-likeness (QED) is 0.427. The number of rotatable bonds is 6. The summed E-state index contributed by atoms with van der Waals surface area (Å²) in [5.74, 6) is 2.49. The number of hydrogen-bond donors (Lipinski definition) is 0. The minimum absolute atomic E-state index is 0.452. The first-order valence-corrected chi connectivity index (χ1v) is 10.2. The van der Waals surface area contributed by atoms with E-state index in [4.69, 9.17) is 16.1 Å². The Kier molecular flexibility index (Phi) is 4.58. The van der Waals surface area contributed by atoms with Gasteiger partial charge in [0, 0.05) is 34.6 Å². The lowest BCUT2D eigenvalue weighted by Gasteiger charge is -2.07. The normalized spacial score (nSPS) is 13.8. The summed E-state index contributed by atoms with van der Waals surface area (Å²) in [5.41, 5.74) is 1.82. The number of benzene rings is 1. The van der Waals surface area contributed by atoms with Crippen LogP contribution in [-0.2, 0) is 5.75 Å². The molecule has 0 saturated heterocycles. The second kappa shape index (κ2) is 7.37. The molecule has 1 saturated carbocycles. The Hall–Kier alpha value is -2.71. The Morgan fingerprint density at radius 3 is 2.75 bits per heavy atom. The molecule has 5 rings (SSSR count). The summed E-state index contributed by atoms with van der Waals surface area (Å²) in [6.45, 7) is 0. The van der Waals surface area contributed by atoms with E-state index in [0.29, 0.717) is 28.5 Å². The molecule has 3 heterocycles. The number of hydrogen-bond acceptors (Lipinski definition) is 7. The molecule has 0 aliphatic heterocycles.